The molecule has 1 aromatic carbocycles. The standard InChI is InChI=1S/C18H25N3O2S/c1-4-12(2)19-17(22)13-7-9-21(10-8-13)18-20-15-6-5-14(23-3)11-16(15)24-18/h5-6,11-13H,4,7-10H2,1-3H3,(H,19,22). The Morgan fingerprint density at radius 1 is 1.46 bits per heavy atom. The molecule has 1 aromatic heterocycles. The van der Waals surface area contributed by atoms with Gasteiger partial charge in [0.15, 0.2) is 5.13 Å². The first kappa shape index (κ1) is 17.0. The number of benzene rings is 1. The van der Waals surface area contributed by atoms with Gasteiger partial charge in [0, 0.05) is 25.0 Å². The Morgan fingerprint density at radius 2 is 2.21 bits per heavy atom. The molecule has 5 nitrogen and oxygen atoms in total. The number of amides is 1. The second-order valence-electron chi connectivity index (χ2n) is 6.41. The summed E-state index contributed by atoms with van der Waals surface area (Å²) in [4.78, 5) is 19.3. The van der Waals surface area contributed by atoms with E-state index < -0.39 is 0 Å². The van der Waals surface area contributed by atoms with E-state index in [9.17, 15) is 4.79 Å². The summed E-state index contributed by atoms with van der Waals surface area (Å²) in [5.41, 5.74) is 1.01. The molecule has 130 valence electrons. The highest BCUT2D eigenvalue weighted by Crippen LogP contribution is 2.33. The van der Waals surface area contributed by atoms with Crippen LogP contribution in [0.4, 0.5) is 5.13 Å². The number of anilines is 1. The predicted molar refractivity (Wildman–Crippen MR) is 99.0 cm³/mol. The molecule has 3 rings (SSSR count). The summed E-state index contributed by atoms with van der Waals surface area (Å²) >= 11 is 1.69. The van der Waals surface area contributed by atoms with Gasteiger partial charge in [0.05, 0.1) is 17.3 Å². The van der Waals surface area contributed by atoms with Crippen molar-refractivity contribution in [3.05, 3.63) is 18.2 Å². The van der Waals surface area contributed by atoms with Crippen molar-refractivity contribution in [2.45, 2.75) is 39.2 Å². The zero-order chi connectivity index (χ0) is 17.1. The summed E-state index contributed by atoms with van der Waals surface area (Å²) in [6.45, 7) is 5.92. The van der Waals surface area contributed by atoms with Crippen molar-refractivity contribution in [1.29, 1.82) is 0 Å². The van der Waals surface area contributed by atoms with Gasteiger partial charge in [0.25, 0.3) is 0 Å². The molecule has 0 aliphatic carbocycles. The molecule has 6 heteroatoms. The molecule has 1 amide bonds. The van der Waals surface area contributed by atoms with Crippen LogP contribution >= 0.6 is 11.3 Å². The molecule has 1 unspecified atom stereocenters. The van der Waals surface area contributed by atoms with Crippen LogP contribution in [0, 0.1) is 5.92 Å². The number of fused-ring (bicyclic) bond motifs is 1. The lowest BCUT2D eigenvalue weighted by atomic mass is 9.96. The average molecular weight is 347 g/mol. The molecule has 0 spiro atoms. The Morgan fingerprint density at radius 3 is 2.88 bits per heavy atom. The molecule has 24 heavy (non-hydrogen) atoms. The Bertz CT molecular complexity index is 707. The minimum Gasteiger partial charge on any atom is -0.497 e. The van der Waals surface area contributed by atoms with E-state index >= 15 is 0 Å². The lowest BCUT2D eigenvalue weighted by Crippen LogP contribution is -2.43. The lowest BCUT2D eigenvalue weighted by Gasteiger charge is -2.31. The van der Waals surface area contributed by atoms with Gasteiger partial charge in [-0.15, -0.1) is 0 Å². The number of nitrogens with zero attached hydrogens (tertiary/aromatic N) is 2. The van der Waals surface area contributed by atoms with Crippen molar-refractivity contribution >= 4 is 32.6 Å². The van der Waals surface area contributed by atoms with Gasteiger partial charge in [-0.2, -0.15) is 0 Å². The van der Waals surface area contributed by atoms with Crippen molar-refractivity contribution in [2.24, 2.45) is 5.92 Å². The van der Waals surface area contributed by atoms with Gasteiger partial charge in [0.2, 0.25) is 5.91 Å². The molecular formula is C18H25N3O2S. The summed E-state index contributed by atoms with van der Waals surface area (Å²) in [6, 6.07) is 6.23. The van der Waals surface area contributed by atoms with Gasteiger partial charge in [-0.3, -0.25) is 4.79 Å². The van der Waals surface area contributed by atoms with Gasteiger partial charge < -0.3 is 15.0 Å². The van der Waals surface area contributed by atoms with Crippen molar-refractivity contribution in [3.8, 4) is 5.75 Å². The number of aromatic nitrogens is 1. The van der Waals surface area contributed by atoms with E-state index in [4.69, 9.17) is 9.72 Å². The smallest absolute Gasteiger partial charge is 0.223 e. The number of hydrogen-bond acceptors (Lipinski definition) is 5. The number of carbonyl (C=O) groups excluding carboxylic acids is 1. The maximum Gasteiger partial charge on any atom is 0.223 e. The maximum absolute atomic E-state index is 12.3. The fourth-order valence-electron chi connectivity index (χ4n) is 2.95. The minimum absolute atomic E-state index is 0.129. The van der Waals surface area contributed by atoms with E-state index in [2.05, 4.69) is 24.1 Å². The second kappa shape index (κ2) is 7.38. The minimum atomic E-state index is 0.129. The summed E-state index contributed by atoms with van der Waals surface area (Å²) in [5.74, 6) is 1.20. The van der Waals surface area contributed by atoms with Crippen LogP contribution in [0.15, 0.2) is 18.2 Å². The van der Waals surface area contributed by atoms with Crippen LogP contribution in [-0.4, -0.2) is 37.1 Å². The van der Waals surface area contributed by atoms with Crippen LogP contribution < -0.4 is 15.0 Å². The summed E-state index contributed by atoms with van der Waals surface area (Å²) in [5, 5.41) is 4.14. The first-order chi connectivity index (χ1) is 11.6. The average Bonchev–Trinajstić information content (AvgIpc) is 3.04. The topological polar surface area (TPSA) is 54.5 Å². The van der Waals surface area contributed by atoms with Crippen molar-refractivity contribution < 1.29 is 9.53 Å². The predicted octanol–water partition coefficient (Wildman–Crippen LogP) is 3.44. The first-order valence-electron chi connectivity index (χ1n) is 8.60. The number of methoxy groups -OCH3 is 1. The molecule has 1 atom stereocenters. The van der Waals surface area contributed by atoms with E-state index in [0.29, 0.717) is 0 Å². The molecule has 1 N–H and O–H groups in total. The van der Waals surface area contributed by atoms with E-state index in [1.54, 1.807) is 18.4 Å². The second-order valence-corrected chi connectivity index (χ2v) is 7.42. The van der Waals surface area contributed by atoms with Gasteiger partial charge in [0.1, 0.15) is 5.75 Å². The van der Waals surface area contributed by atoms with E-state index in [0.717, 1.165) is 53.4 Å². The monoisotopic (exact) mass is 347 g/mol. The Balaban J connectivity index is 1.63. The van der Waals surface area contributed by atoms with Crippen molar-refractivity contribution in [2.75, 3.05) is 25.1 Å². The fourth-order valence-corrected chi connectivity index (χ4v) is 4.00. The van der Waals surface area contributed by atoms with Gasteiger partial charge in [-0.05, 0) is 44.4 Å². The summed E-state index contributed by atoms with van der Waals surface area (Å²) in [6.07, 6.45) is 2.75. The number of thiazole rings is 1. The molecular weight excluding hydrogens is 322 g/mol. The third-order valence-electron chi connectivity index (χ3n) is 4.72. The van der Waals surface area contributed by atoms with Crippen LogP contribution in [0.2, 0.25) is 0 Å². The molecule has 2 aromatic rings. The van der Waals surface area contributed by atoms with Gasteiger partial charge in [-0.1, -0.05) is 18.3 Å². The molecule has 0 bridgehead atoms. The molecule has 1 aliphatic heterocycles. The Labute approximate surface area is 147 Å². The highest BCUT2D eigenvalue weighted by molar-refractivity contribution is 7.22. The number of hydrogen-bond donors (Lipinski definition) is 1. The Hall–Kier alpha value is -1.82. The molecule has 1 fully saturated rings. The normalized spacial score (nSPS) is 17.0. The maximum atomic E-state index is 12.3. The van der Waals surface area contributed by atoms with Gasteiger partial charge >= 0.3 is 0 Å². The van der Waals surface area contributed by atoms with E-state index in [-0.39, 0.29) is 17.9 Å². The zero-order valence-electron chi connectivity index (χ0n) is 14.5. The van der Waals surface area contributed by atoms with Crippen molar-refractivity contribution in [1.82, 2.24) is 10.3 Å². The van der Waals surface area contributed by atoms with Gasteiger partial charge in [-0.25, -0.2) is 4.98 Å². The highest BCUT2D eigenvalue weighted by atomic mass is 32.1. The third kappa shape index (κ3) is 3.64. The number of piperidine rings is 1. The van der Waals surface area contributed by atoms with Crippen LogP contribution in [0.25, 0.3) is 10.2 Å². The summed E-state index contributed by atoms with van der Waals surface area (Å²) in [7, 11) is 1.68. The van der Waals surface area contributed by atoms with Crippen LogP contribution in [0.1, 0.15) is 33.1 Å². The highest BCUT2D eigenvalue weighted by Gasteiger charge is 2.26. The summed E-state index contributed by atoms with van der Waals surface area (Å²) < 4.78 is 6.42. The van der Waals surface area contributed by atoms with Crippen LogP contribution in [-0.2, 0) is 4.79 Å². The number of nitrogens with one attached hydrogen (secondary N) is 1. The molecule has 0 radical (unpaired) electrons. The van der Waals surface area contributed by atoms with Crippen LogP contribution in [0.3, 0.4) is 0 Å². The largest absolute Gasteiger partial charge is 0.497 e. The third-order valence-corrected chi connectivity index (χ3v) is 5.80. The van der Waals surface area contributed by atoms with E-state index in [1.165, 1.54) is 0 Å². The van der Waals surface area contributed by atoms with Crippen LogP contribution in [0.5, 0.6) is 5.75 Å². The SMILES string of the molecule is CCC(C)NC(=O)C1CCN(c2nc3ccc(OC)cc3s2)CC1. The number of rotatable bonds is 5. The van der Waals surface area contributed by atoms with Crippen molar-refractivity contribution in [3.63, 3.8) is 0 Å². The molecule has 0 saturated carbocycles. The number of carbonyl (C=O) groups is 1. The number of ether oxygens (including phenoxy) is 1. The molecule has 1 aliphatic rings. The first-order valence-corrected chi connectivity index (χ1v) is 9.42. The Kier molecular flexibility index (Phi) is 5.23. The zero-order valence-corrected chi connectivity index (χ0v) is 15.4. The molecule has 1 saturated heterocycles. The quantitative estimate of drug-likeness (QED) is 0.900. The molecule has 2 heterocycles. The van der Waals surface area contributed by atoms with E-state index in [1.807, 2.05) is 18.2 Å². The fraction of sp³-hybridized carbons (Fsp3) is 0.556. The lowest BCUT2D eigenvalue weighted by molar-refractivity contribution is -0.126.